The molecule has 0 radical (unpaired) electrons. The first-order chi connectivity index (χ1) is 11.8. The highest BCUT2D eigenvalue weighted by Crippen LogP contribution is 2.43. The van der Waals surface area contributed by atoms with Crippen LogP contribution >= 0.6 is 11.5 Å². The Morgan fingerprint density at radius 1 is 1.21 bits per heavy atom. The van der Waals surface area contributed by atoms with E-state index in [9.17, 15) is 0 Å². The number of benzene rings is 1. The molecule has 1 saturated heterocycles. The lowest BCUT2D eigenvalue weighted by atomic mass is 10.1. The molecular formula is C17H19N5OS. The molecule has 1 saturated carbocycles. The summed E-state index contributed by atoms with van der Waals surface area (Å²) in [6.45, 7) is 2.43. The van der Waals surface area contributed by atoms with Crippen LogP contribution in [0.15, 0.2) is 24.3 Å². The molecule has 6 nitrogen and oxygen atoms in total. The maximum Gasteiger partial charge on any atom is 0.205 e. The molecule has 2 fully saturated rings. The standard InChI is InChI=1S/C17H19N5OS/c1-23-10-15-19-17(24-20-15)21-8-12(9-21)22-14-5-3-2-4-13(14)18-16(22)11-6-7-11/h2-5,11-12H,6-10H2,1H3. The summed E-state index contributed by atoms with van der Waals surface area (Å²) < 4.78 is 11.9. The molecule has 1 aliphatic heterocycles. The fourth-order valence-corrected chi connectivity index (χ4v) is 4.10. The van der Waals surface area contributed by atoms with Gasteiger partial charge in [0.15, 0.2) is 5.82 Å². The van der Waals surface area contributed by atoms with Gasteiger partial charge in [0.25, 0.3) is 0 Å². The van der Waals surface area contributed by atoms with E-state index in [1.165, 1.54) is 35.7 Å². The maximum absolute atomic E-state index is 5.10. The third kappa shape index (κ3) is 2.31. The number of hydrogen-bond donors (Lipinski definition) is 0. The van der Waals surface area contributed by atoms with Gasteiger partial charge in [-0.1, -0.05) is 12.1 Å². The molecule has 2 aliphatic rings. The van der Waals surface area contributed by atoms with Crippen molar-refractivity contribution in [2.24, 2.45) is 0 Å². The summed E-state index contributed by atoms with van der Waals surface area (Å²) in [6.07, 6.45) is 2.55. The lowest BCUT2D eigenvalue weighted by Crippen LogP contribution is -2.48. The lowest BCUT2D eigenvalue weighted by Gasteiger charge is -2.40. The highest BCUT2D eigenvalue weighted by Gasteiger charge is 2.37. The minimum Gasteiger partial charge on any atom is -0.377 e. The van der Waals surface area contributed by atoms with Crippen molar-refractivity contribution >= 4 is 27.7 Å². The van der Waals surface area contributed by atoms with Crippen molar-refractivity contribution in [3.8, 4) is 0 Å². The Hall–Kier alpha value is -1.99. The number of rotatable bonds is 5. The molecule has 1 aliphatic carbocycles. The zero-order chi connectivity index (χ0) is 16.1. The van der Waals surface area contributed by atoms with Gasteiger partial charge in [-0.05, 0) is 25.0 Å². The van der Waals surface area contributed by atoms with Gasteiger partial charge < -0.3 is 14.2 Å². The number of aromatic nitrogens is 4. The number of fused-ring (bicyclic) bond motifs is 1. The van der Waals surface area contributed by atoms with Crippen LogP contribution in [0.5, 0.6) is 0 Å². The van der Waals surface area contributed by atoms with Crippen LogP contribution in [0.25, 0.3) is 11.0 Å². The van der Waals surface area contributed by atoms with Gasteiger partial charge in [0.05, 0.1) is 17.1 Å². The van der Waals surface area contributed by atoms with E-state index < -0.39 is 0 Å². The molecule has 3 aromatic rings. The summed E-state index contributed by atoms with van der Waals surface area (Å²) in [4.78, 5) is 11.8. The second-order valence-electron chi connectivity index (χ2n) is 6.59. The molecule has 7 heteroatoms. The molecule has 0 atom stereocenters. The molecule has 0 amide bonds. The van der Waals surface area contributed by atoms with Gasteiger partial charge in [0.1, 0.15) is 12.4 Å². The Balaban J connectivity index is 1.40. The molecule has 3 heterocycles. The van der Waals surface area contributed by atoms with E-state index in [2.05, 4.69) is 43.1 Å². The van der Waals surface area contributed by atoms with E-state index in [-0.39, 0.29) is 0 Å². The number of anilines is 1. The molecule has 24 heavy (non-hydrogen) atoms. The highest BCUT2D eigenvalue weighted by atomic mass is 32.1. The molecule has 0 spiro atoms. The third-order valence-electron chi connectivity index (χ3n) is 4.79. The molecule has 1 aromatic carbocycles. The quantitative estimate of drug-likeness (QED) is 0.714. The van der Waals surface area contributed by atoms with Crippen LogP contribution in [-0.2, 0) is 11.3 Å². The zero-order valence-corrected chi connectivity index (χ0v) is 14.4. The second kappa shape index (κ2) is 5.53. The summed E-state index contributed by atoms with van der Waals surface area (Å²) in [5, 5.41) is 0.996. The normalized spacial score (nSPS) is 18.3. The highest BCUT2D eigenvalue weighted by molar-refractivity contribution is 7.09. The summed E-state index contributed by atoms with van der Waals surface area (Å²) in [7, 11) is 1.67. The Morgan fingerprint density at radius 3 is 2.83 bits per heavy atom. The molecule has 124 valence electrons. The predicted molar refractivity (Wildman–Crippen MR) is 93.6 cm³/mol. The Bertz CT molecular complexity index is 878. The summed E-state index contributed by atoms with van der Waals surface area (Å²) in [5.74, 6) is 2.70. The predicted octanol–water partition coefficient (Wildman–Crippen LogP) is 2.97. The van der Waals surface area contributed by atoms with Crippen LogP contribution in [0.2, 0.25) is 0 Å². The Kier molecular flexibility index (Phi) is 3.31. The zero-order valence-electron chi connectivity index (χ0n) is 13.6. The van der Waals surface area contributed by atoms with Crippen LogP contribution in [0.3, 0.4) is 0 Å². The first-order valence-corrected chi connectivity index (χ1v) is 9.14. The fraction of sp³-hybridized carbons (Fsp3) is 0.471. The van der Waals surface area contributed by atoms with Crippen LogP contribution in [0.4, 0.5) is 5.13 Å². The lowest BCUT2D eigenvalue weighted by molar-refractivity contribution is 0.179. The molecule has 0 N–H and O–H groups in total. The minimum absolute atomic E-state index is 0.475. The van der Waals surface area contributed by atoms with Gasteiger partial charge in [0.2, 0.25) is 5.13 Å². The van der Waals surface area contributed by atoms with E-state index >= 15 is 0 Å². The van der Waals surface area contributed by atoms with Crippen molar-refractivity contribution in [1.29, 1.82) is 0 Å². The Labute approximate surface area is 144 Å². The summed E-state index contributed by atoms with van der Waals surface area (Å²) in [5.41, 5.74) is 2.39. The van der Waals surface area contributed by atoms with Crippen LogP contribution in [0, 0.1) is 0 Å². The maximum atomic E-state index is 5.10. The monoisotopic (exact) mass is 341 g/mol. The van der Waals surface area contributed by atoms with E-state index in [1.807, 2.05) is 0 Å². The Morgan fingerprint density at radius 2 is 2.04 bits per heavy atom. The van der Waals surface area contributed by atoms with Crippen molar-refractivity contribution in [3.63, 3.8) is 0 Å². The minimum atomic E-state index is 0.475. The molecule has 0 unspecified atom stereocenters. The third-order valence-corrected chi connectivity index (χ3v) is 5.61. The van der Waals surface area contributed by atoms with E-state index in [0.29, 0.717) is 18.6 Å². The van der Waals surface area contributed by atoms with Gasteiger partial charge in [-0.15, -0.1) is 0 Å². The van der Waals surface area contributed by atoms with E-state index in [4.69, 9.17) is 9.72 Å². The van der Waals surface area contributed by atoms with E-state index in [0.717, 1.165) is 29.6 Å². The average molecular weight is 341 g/mol. The van der Waals surface area contributed by atoms with E-state index in [1.54, 1.807) is 7.11 Å². The average Bonchev–Trinajstić information content (AvgIpc) is 3.19. The summed E-state index contributed by atoms with van der Waals surface area (Å²) in [6, 6.07) is 8.97. The fourth-order valence-electron chi connectivity index (χ4n) is 3.41. The summed E-state index contributed by atoms with van der Waals surface area (Å²) >= 11 is 1.46. The van der Waals surface area contributed by atoms with Crippen LogP contribution in [-0.4, -0.2) is 39.1 Å². The van der Waals surface area contributed by atoms with Crippen molar-refractivity contribution in [1.82, 2.24) is 18.9 Å². The first kappa shape index (κ1) is 14.4. The van der Waals surface area contributed by atoms with Crippen LogP contribution < -0.4 is 4.90 Å². The first-order valence-electron chi connectivity index (χ1n) is 8.37. The largest absolute Gasteiger partial charge is 0.377 e. The van der Waals surface area contributed by atoms with Gasteiger partial charge in [-0.25, -0.2) is 9.97 Å². The van der Waals surface area contributed by atoms with Crippen LogP contribution in [0.1, 0.15) is 36.5 Å². The molecule has 0 bridgehead atoms. The van der Waals surface area contributed by atoms with Crippen molar-refractivity contribution in [2.75, 3.05) is 25.1 Å². The number of hydrogen-bond acceptors (Lipinski definition) is 6. The number of para-hydroxylation sites is 2. The molecule has 2 aromatic heterocycles. The molecule has 5 rings (SSSR count). The smallest absolute Gasteiger partial charge is 0.205 e. The van der Waals surface area contributed by atoms with Crippen molar-refractivity contribution in [3.05, 3.63) is 35.9 Å². The topological polar surface area (TPSA) is 56.1 Å². The SMILES string of the molecule is COCc1nsc(N2CC(n3c(C4CC4)nc4ccccc43)C2)n1. The molecular weight excluding hydrogens is 322 g/mol. The van der Waals surface area contributed by atoms with Crippen molar-refractivity contribution < 1.29 is 4.74 Å². The number of nitrogens with zero attached hydrogens (tertiary/aromatic N) is 5. The van der Waals surface area contributed by atoms with Gasteiger partial charge in [-0.3, -0.25) is 0 Å². The number of imidazole rings is 1. The number of ether oxygens (including phenoxy) is 1. The van der Waals surface area contributed by atoms with Gasteiger partial charge in [-0.2, -0.15) is 4.37 Å². The van der Waals surface area contributed by atoms with Crippen molar-refractivity contribution in [2.45, 2.75) is 31.4 Å². The number of methoxy groups -OCH3 is 1. The van der Waals surface area contributed by atoms with Gasteiger partial charge in [0, 0.05) is 37.6 Å². The second-order valence-corrected chi connectivity index (χ2v) is 7.32. The van der Waals surface area contributed by atoms with Gasteiger partial charge >= 0.3 is 0 Å².